The molecular formula is C21H21N3O2. The van der Waals surface area contributed by atoms with Gasteiger partial charge in [0.25, 0.3) is 11.8 Å². The molecule has 1 aliphatic carbocycles. The third-order valence-corrected chi connectivity index (χ3v) is 4.78. The standard InChI is InChI=1S/C21H21N3O2/c1-12-7-8-14(20(25)23-15-9-10-15)11-18(12)24-21(26)19-13(2)22-17-6-4-3-5-16(17)19/h3-8,11,15,22H,9-10H2,1-2H3,(H,23,25)(H,24,26). The van der Waals surface area contributed by atoms with Gasteiger partial charge in [-0.2, -0.15) is 0 Å². The van der Waals surface area contributed by atoms with E-state index in [-0.39, 0.29) is 11.8 Å². The summed E-state index contributed by atoms with van der Waals surface area (Å²) in [7, 11) is 0. The van der Waals surface area contributed by atoms with Crippen LogP contribution in [0.25, 0.3) is 10.9 Å². The average molecular weight is 347 g/mol. The van der Waals surface area contributed by atoms with Crippen LogP contribution >= 0.6 is 0 Å². The normalized spacial score (nSPS) is 13.6. The molecule has 0 radical (unpaired) electrons. The number of rotatable bonds is 4. The Morgan fingerprint density at radius 2 is 1.81 bits per heavy atom. The molecule has 2 aromatic carbocycles. The third kappa shape index (κ3) is 3.08. The van der Waals surface area contributed by atoms with E-state index in [1.165, 1.54) is 0 Å². The number of nitrogens with one attached hydrogen (secondary N) is 3. The Bertz CT molecular complexity index is 1020. The highest BCUT2D eigenvalue weighted by Crippen LogP contribution is 2.25. The Hall–Kier alpha value is -3.08. The van der Waals surface area contributed by atoms with E-state index in [0.717, 1.165) is 35.0 Å². The number of aromatic amines is 1. The number of para-hydroxylation sites is 1. The first-order valence-electron chi connectivity index (χ1n) is 8.83. The van der Waals surface area contributed by atoms with E-state index in [2.05, 4.69) is 15.6 Å². The summed E-state index contributed by atoms with van der Waals surface area (Å²) in [6, 6.07) is 13.4. The van der Waals surface area contributed by atoms with Crippen LogP contribution in [-0.2, 0) is 0 Å². The zero-order valence-corrected chi connectivity index (χ0v) is 14.8. The minimum atomic E-state index is -0.178. The number of fused-ring (bicyclic) bond motifs is 1. The molecule has 1 heterocycles. The number of carbonyl (C=O) groups is 2. The summed E-state index contributed by atoms with van der Waals surface area (Å²) < 4.78 is 0. The van der Waals surface area contributed by atoms with Gasteiger partial charge in [-0.15, -0.1) is 0 Å². The fourth-order valence-electron chi connectivity index (χ4n) is 3.15. The van der Waals surface area contributed by atoms with Gasteiger partial charge in [-0.25, -0.2) is 0 Å². The van der Waals surface area contributed by atoms with Crippen LogP contribution in [0.2, 0.25) is 0 Å². The lowest BCUT2D eigenvalue weighted by molar-refractivity contribution is 0.0949. The molecular weight excluding hydrogens is 326 g/mol. The lowest BCUT2D eigenvalue weighted by Crippen LogP contribution is -2.25. The molecule has 0 saturated heterocycles. The number of hydrogen-bond donors (Lipinski definition) is 3. The van der Waals surface area contributed by atoms with Crippen molar-refractivity contribution in [1.82, 2.24) is 10.3 Å². The molecule has 0 spiro atoms. The summed E-state index contributed by atoms with van der Waals surface area (Å²) in [6.07, 6.45) is 2.09. The molecule has 1 fully saturated rings. The van der Waals surface area contributed by atoms with Crippen molar-refractivity contribution < 1.29 is 9.59 Å². The Morgan fingerprint density at radius 3 is 2.58 bits per heavy atom. The van der Waals surface area contributed by atoms with E-state index in [1.807, 2.05) is 44.2 Å². The van der Waals surface area contributed by atoms with Crippen molar-refractivity contribution in [2.45, 2.75) is 32.7 Å². The van der Waals surface area contributed by atoms with Crippen molar-refractivity contribution in [1.29, 1.82) is 0 Å². The van der Waals surface area contributed by atoms with Gasteiger partial charge < -0.3 is 15.6 Å². The molecule has 1 aliphatic rings. The zero-order valence-electron chi connectivity index (χ0n) is 14.8. The minimum absolute atomic E-state index is 0.0914. The van der Waals surface area contributed by atoms with Crippen molar-refractivity contribution in [2.75, 3.05) is 5.32 Å². The molecule has 3 aromatic rings. The van der Waals surface area contributed by atoms with Gasteiger partial charge in [-0.05, 0) is 50.5 Å². The van der Waals surface area contributed by atoms with Gasteiger partial charge in [0, 0.05) is 33.9 Å². The molecule has 0 atom stereocenters. The van der Waals surface area contributed by atoms with E-state index in [4.69, 9.17) is 0 Å². The van der Waals surface area contributed by atoms with E-state index < -0.39 is 0 Å². The molecule has 4 rings (SSSR count). The van der Waals surface area contributed by atoms with Crippen LogP contribution in [0.3, 0.4) is 0 Å². The molecule has 5 heteroatoms. The number of benzene rings is 2. The number of carbonyl (C=O) groups excluding carboxylic acids is 2. The number of amides is 2. The van der Waals surface area contributed by atoms with Crippen LogP contribution in [0, 0.1) is 13.8 Å². The van der Waals surface area contributed by atoms with Crippen LogP contribution in [0.1, 0.15) is 44.8 Å². The Morgan fingerprint density at radius 1 is 1.04 bits per heavy atom. The number of hydrogen-bond acceptors (Lipinski definition) is 2. The maximum Gasteiger partial charge on any atom is 0.258 e. The summed E-state index contributed by atoms with van der Waals surface area (Å²) in [5.74, 6) is -0.269. The summed E-state index contributed by atoms with van der Waals surface area (Å²) in [6.45, 7) is 3.81. The number of aromatic nitrogens is 1. The van der Waals surface area contributed by atoms with Gasteiger partial charge in [0.2, 0.25) is 0 Å². The van der Waals surface area contributed by atoms with Crippen molar-refractivity contribution in [2.24, 2.45) is 0 Å². The van der Waals surface area contributed by atoms with E-state index in [1.54, 1.807) is 12.1 Å². The van der Waals surface area contributed by atoms with Crippen molar-refractivity contribution >= 4 is 28.4 Å². The largest absolute Gasteiger partial charge is 0.358 e. The second-order valence-electron chi connectivity index (χ2n) is 6.90. The van der Waals surface area contributed by atoms with Crippen molar-refractivity contribution in [3.05, 3.63) is 64.8 Å². The highest BCUT2D eigenvalue weighted by atomic mass is 16.2. The zero-order chi connectivity index (χ0) is 18.3. The first kappa shape index (κ1) is 16.4. The van der Waals surface area contributed by atoms with E-state index in [0.29, 0.717) is 22.9 Å². The topological polar surface area (TPSA) is 74.0 Å². The molecule has 0 aliphatic heterocycles. The molecule has 132 valence electrons. The molecule has 5 nitrogen and oxygen atoms in total. The Labute approximate surface area is 151 Å². The lowest BCUT2D eigenvalue weighted by atomic mass is 10.1. The number of aryl methyl sites for hydroxylation is 2. The van der Waals surface area contributed by atoms with Gasteiger partial charge >= 0.3 is 0 Å². The summed E-state index contributed by atoms with van der Waals surface area (Å²) in [4.78, 5) is 28.4. The SMILES string of the molecule is Cc1ccc(C(=O)NC2CC2)cc1NC(=O)c1c(C)[nH]c2ccccc12. The van der Waals surface area contributed by atoms with Crippen LogP contribution in [-0.4, -0.2) is 22.8 Å². The molecule has 1 aromatic heterocycles. The monoisotopic (exact) mass is 347 g/mol. The predicted molar refractivity (Wildman–Crippen MR) is 103 cm³/mol. The first-order valence-corrected chi connectivity index (χ1v) is 8.83. The lowest BCUT2D eigenvalue weighted by Gasteiger charge is -2.11. The number of H-pyrrole nitrogens is 1. The second-order valence-corrected chi connectivity index (χ2v) is 6.90. The molecule has 1 saturated carbocycles. The fourth-order valence-corrected chi connectivity index (χ4v) is 3.15. The third-order valence-electron chi connectivity index (χ3n) is 4.78. The van der Waals surface area contributed by atoms with Gasteiger partial charge in [0.1, 0.15) is 0 Å². The molecule has 26 heavy (non-hydrogen) atoms. The molecule has 2 amide bonds. The van der Waals surface area contributed by atoms with Crippen LogP contribution in [0.5, 0.6) is 0 Å². The summed E-state index contributed by atoms with van der Waals surface area (Å²) >= 11 is 0. The quantitative estimate of drug-likeness (QED) is 0.669. The summed E-state index contributed by atoms with van der Waals surface area (Å²) in [5.41, 5.74) is 4.52. The summed E-state index contributed by atoms with van der Waals surface area (Å²) in [5, 5.41) is 6.84. The van der Waals surface area contributed by atoms with Gasteiger partial charge in [0.15, 0.2) is 0 Å². The minimum Gasteiger partial charge on any atom is -0.358 e. The predicted octanol–water partition coefficient (Wildman–Crippen LogP) is 3.93. The van der Waals surface area contributed by atoms with Gasteiger partial charge in [-0.3, -0.25) is 9.59 Å². The van der Waals surface area contributed by atoms with Crippen molar-refractivity contribution in [3.8, 4) is 0 Å². The number of anilines is 1. The van der Waals surface area contributed by atoms with E-state index >= 15 is 0 Å². The van der Waals surface area contributed by atoms with Crippen molar-refractivity contribution in [3.63, 3.8) is 0 Å². The second kappa shape index (κ2) is 6.33. The first-order chi connectivity index (χ1) is 12.5. The molecule has 0 bridgehead atoms. The Balaban J connectivity index is 1.62. The maximum atomic E-state index is 12.9. The van der Waals surface area contributed by atoms with Gasteiger partial charge in [-0.1, -0.05) is 24.3 Å². The molecule has 0 unspecified atom stereocenters. The van der Waals surface area contributed by atoms with E-state index in [9.17, 15) is 9.59 Å². The van der Waals surface area contributed by atoms with Crippen LogP contribution in [0.4, 0.5) is 5.69 Å². The van der Waals surface area contributed by atoms with Crippen LogP contribution in [0.15, 0.2) is 42.5 Å². The maximum absolute atomic E-state index is 12.9. The average Bonchev–Trinajstić information content (AvgIpc) is 3.35. The van der Waals surface area contributed by atoms with Crippen LogP contribution < -0.4 is 10.6 Å². The molecule has 3 N–H and O–H groups in total. The fraction of sp³-hybridized carbons (Fsp3) is 0.238. The smallest absolute Gasteiger partial charge is 0.258 e. The highest BCUT2D eigenvalue weighted by molar-refractivity contribution is 6.14. The Kier molecular flexibility index (Phi) is 3.99. The highest BCUT2D eigenvalue weighted by Gasteiger charge is 2.24. The van der Waals surface area contributed by atoms with Gasteiger partial charge in [0.05, 0.1) is 5.56 Å².